The molecule has 23 heavy (non-hydrogen) atoms. The molecule has 0 spiro atoms. The van der Waals surface area contributed by atoms with Gasteiger partial charge in [0, 0.05) is 6.42 Å². The Balaban J connectivity index is 1.94. The van der Waals surface area contributed by atoms with Crippen LogP contribution in [0.15, 0.2) is 42.5 Å². The zero-order chi connectivity index (χ0) is 16.4. The summed E-state index contributed by atoms with van der Waals surface area (Å²) in [4.78, 5) is 40.6. The van der Waals surface area contributed by atoms with Crippen LogP contribution >= 0.6 is 0 Å². The van der Waals surface area contributed by atoms with Crippen LogP contribution in [0.1, 0.15) is 31.8 Å². The second kappa shape index (κ2) is 6.12. The molecule has 1 heterocycles. The van der Waals surface area contributed by atoms with E-state index in [0.717, 1.165) is 16.7 Å². The van der Waals surface area contributed by atoms with E-state index < -0.39 is 11.8 Å². The van der Waals surface area contributed by atoms with Crippen LogP contribution in [0.3, 0.4) is 0 Å². The van der Waals surface area contributed by atoms with Crippen LogP contribution in [0, 0.1) is 0 Å². The van der Waals surface area contributed by atoms with Gasteiger partial charge in [-0.3, -0.25) is 14.8 Å². The van der Waals surface area contributed by atoms with Gasteiger partial charge in [0.15, 0.2) is 0 Å². The molecule has 3 rings (SSSR count). The fraction of sp³-hybridized carbons (Fsp3) is 0.118. The van der Waals surface area contributed by atoms with Gasteiger partial charge in [0.2, 0.25) is 0 Å². The number of carbonyl (C=O) groups excluding carboxylic acids is 3. The van der Waals surface area contributed by atoms with Gasteiger partial charge in [-0.15, -0.1) is 0 Å². The SMILES string of the molecule is O=CCc1ccc(N2C(=O)c3ccc(COO)cc3C2=O)cc1. The van der Waals surface area contributed by atoms with Crippen LogP contribution in [0.5, 0.6) is 0 Å². The molecular weight excluding hydrogens is 298 g/mol. The van der Waals surface area contributed by atoms with E-state index in [1.807, 2.05) is 0 Å². The zero-order valence-electron chi connectivity index (χ0n) is 12.1. The van der Waals surface area contributed by atoms with Crippen molar-refractivity contribution >= 4 is 23.8 Å². The van der Waals surface area contributed by atoms with E-state index in [1.54, 1.807) is 36.4 Å². The number of aldehydes is 1. The molecule has 2 aromatic carbocycles. The number of benzene rings is 2. The largest absolute Gasteiger partial charge is 0.303 e. The maximum absolute atomic E-state index is 12.5. The first-order valence-electron chi connectivity index (χ1n) is 6.96. The number of rotatable bonds is 5. The lowest BCUT2D eigenvalue weighted by atomic mass is 10.1. The van der Waals surface area contributed by atoms with E-state index in [0.29, 0.717) is 16.8 Å². The van der Waals surface area contributed by atoms with E-state index in [2.05, 4.69) is 4.89 Å². The Morgan fingerprint density at radius 3 is 2.26 bits per heavy atom. The first-order valence-corrected chi connectivity index (χ1v) is 6.96. The molecule has 0 radical (unpaired) electrons. The number of amides is 2. The predicted molar refractivity (Wildman–Crippen MR) is 81.2 cm³/mol. The van der Waals surface area contributed by atoms with Crippen LogP contribution in [-0.2, 0) is 22.7 Å². The van der Waals surface area contributed by atoms with Crippen LogP contribution in [0.2, 0.25) is 0 Å². The molecule has 0 fully saturated rings. The molecule has 0 aromatic heterocycles. The minimum Gasteiger partial charge on any atom is -0.303 e. The average Bonchev–Trinajstić information content (AvgIpc) is 2.80. The van der Waals surface area contributed by atoms with Crippen LogP contribution in [0.25, 0.3) is 0 Å². The molecule has 2 aromatic rings. The summed E-state index contributed by atoms with van der Waals surface area (Å²) in [6.45, 7) is -0.0604. The summed E-state index contributed by atoms with van der Waals surface area (Å²) >= 11 is 0. The van der Waals surface area contributed by atoms with E-state index in [9.17, 15) is 14.4 Å². The molecule has 0 aliphatic carbocycles. The minimum absolute atomic E-state index is 0.0604. The summed E-state index contributed by atoms with van der Waals surface area (Å²) in [5.74, 6) is -0.822. The lowest BCUT2D eigenvalue weighted by Crippen LogP contribution is -2.29. The molecule has 6 heteroatoms. The number of hydrogen-bond acceptors (Lipinski definition) is 5. The summed E-state index contributed by atoms with van der Waals surface area (Å²) in [6, 6.07) is 11.4. The smallest absolute Gasteiger partial charge is 0.266 e. The summed E-state index contributed by atoms with van der Waals surface area (Å²) < 4.78 is 0. The monoisotopic (exact) mass is 311 g/mol. The van der Waals surface area contributed by atoms with Gasteiger partial charge in [0.25, 0.3) is 11.8 Å². The van der Waals surface area contributed by atoms with E-state index in [4.69, 9.17) is 5.26 Å². The molecule has 0 saturated carbocycles. The van der Waals surface area contributed by atoms with Gasteiger partial charge >= 0.3 is 0 Å². The zero-order valence-corrected chi connectivity index (χ0v) is 12.1. The lowest BCUT2D eigenvalue weighted by Gasteiger charge is -2.14. The minimum atomic E-state index is -0.423. The van der Waals surface area contributed by atoms with Gasteiger partial charge in [0.1, 0.15) is 12.9 Å². The van der Waals surface area contributed by atoms with Crippen LogP contribution in [-0.4, -0.2) is 23.4 Å². The lowest BCUT2D eigenvalue weighted by molar-refractivity contribution is -0.253. The number of carbonyl (C=O) groups is 3. The van der Waals surface area contributed by atoms with E-state index in [1.165, 1.54) is 6.07 Å². The first kappa shape index (κ1) is 15.1. The number of hydrogen-bond donors (Lipinski definition) is 1. The van der Waals surface area contributed by atoms with Gasteiger partial charge < -0.3 is 4.79 Å². The molecular formula is C17H13NO5. The summed E-state index contributed by atoms with van der Waals surface area (Å²) in [6.07, 6.45) is 1.08. The highest BCUT2D eigenvalue weighted by Crippen LogP contribution is 2.29. The van der Waals surface area contributed by atoms with E-state index in [-0.39, 0.29) is 18.6 Å². The fourth-order valence-corrected chi connectivity index (χ4v) is 2.56. The van der Waals surface area contributed by atoms with Crippen LogP contribution < -0.4 is 4.90 Å². The van der Waals surface area contributed by atoms with Crippen molar-refractivity contribution in [2.75, 3.05) is 4.90 Å². The molecule has 6 nitrogen and oxygen atoms in total. The molecule has 116 valence electrons. The highest BCUT2D eigenvalue weighted by atomic mass is 17.1. The summed E-state index contributed by atoms with van der Waals surface area (Å²) in [5, 5.41) is 8.50. The quantitative estimate of drug-likeness (QED) is 0.396. The van der Waals surface area contributed by atoms with E-state index >= 15 is 0 Å². The van der Waals surface area contributed by atoms with Crippen molar-refractivity contribution in [3.63, 3.8) is 0 Å². The second-order valence-corrected chi connectivity index (χ2v) is 5.14. The second-order valence-electron chi connectivity index (χ2n) is 5.14. The Hall–Kier alpha value is -2.83. The maximum atomic E-state index is 12.5. The van der Waals surface area contributed by atoms with Crippen molar-refractivity contribution in [2.45, 2.75) is 13.0 Å². The van der Waals surface area contributed by atoms with Gasteiger partial charge in [-0.2, -0.15) is 0 Å². The molecule has 0 unspecified atom stereocenters. The number of anilines is 1. The number of imide groups is 1. The first-order chi connectivity index (χ1) is 11.2. The Labute approximate surface area is 131 Å². The van der Waals surface area contributed by atoms with Crippen molar-refractivity contribution in [3.05, 3.63) is 64.7 Å². The Morgan fingerprint density at radius 1 is 0.957 bits per heavy atom. The van der Waals surface area contributed by atoms with Crippen molar-refractivity contribution < 1.29 is 24.5 Å². The Kier molecular flexibility index (Phi) is 4.01. The molecule has 2 amide bonds. The highest BCUT2D eigenvalue weighted by Gasteiger charge is 2.36. The fourth-order valence-electron chi connectivity index (χ4n) is 2.56. The molecule has 1 N–H and O–H groups in total. The van der Waals surface area contributed by atoms with Gasteiger partial charge in [-0.1, -0.05) is 18.2 Å². The Bertz CT molecular complexity index is 782. The van der Waals surface area contributed by atoms with Gasteiger partial charge in [-0.05, 0) is 35.4 Å². The third kappa shape index (κ3) is 2.65. The van der Waals surface area contributed by atoms with Crippen molar-refractivity contribution in [3.8, 4) is 0 Å². The van der Waals surface area contributed by atoms with Crippen molar-refractivity contribution in [2.24, 2.45) is 0 Å². The maximum Gasteiger partial charge on any atom is 0.266 e. The summed E-state index contributed by atoms with van der Waals surface area (Å²) in [7, 11) is 0. The third-order valence-corrected chi connectivity index (χ3v) is 3.70. The van der Waals surface area contributed by atoms with Crippen molar-refractivity contribution in [1.29, 1.82) is 0 Å². The normalized spacial score (nSPS) is 13.3. The average molecular weight is 311 g/mol. The topological polar surface area (TPSA) is 83.9 Å². The molecule has 1 aliphatic rings. The standard InChI is InChI=1S/C17H13NO5/c19-8-7-11-1-4-13(5-2-11)18-16(20)14-6-3-12(10-23-22)9-15(14)17(18)21/h1-6,8-9,22H,7,10H2. The molecule has 1 aliphatic heterocycles. The number of fused-ring (bicyclic) bond motifs is 1. The highest BCUT2D eigenvalue weighted by molar-refractivity contribution is 6.34. The van der Waals surface area contributed by atoms with Crippen molar-refractivity contribution in [1.82, 2.24) is 0 Å². The summed E-state index contributed by atoms with van der Waals surface area (Å²) in [5.41, 5.74) is 2.44. The molecule has 0 saturated heterocycles. The van der Waals surface area contributed by atoms with Gasteiger partial charge in [-0.25, -0.2) is 9.79 Å². The van der Waals surface area contributed by atoms with Gasteiger partial charge in [0.05, 0.1) is 16.8 Å². The Morgan fingerprint density at radius 2 is 1.61 bits per heavy atom. The van der Waals surface area contributed by atoms with Crippen LogP contribution in [0.4, 0.5) is 5.69 Å². The molecule has 0 atom stereocenters. The number of nitrogens with zero attached hydrogens (tertiary/aromatic N) is 1. The third-order valence-electron chi connectivity index (χ3n) is 3.70. The predicted octanol–water partition coefficient (Wildman–Crippen LogP) is 2.22. The molecule has 0 bridgehead atoms.